The molecule has 2 aliphatic rings. The fourth-order valence-corrected chi connectivity index (χ4v) is 6.07. The first-order valence-corrected chi connectivity index (χ1v) is 13.2. The fraction of sp³-hybridized carbons (Fsp3) is 0.333. The van der Waals surface area contributed by atoms with Crippen LogP contribution in [-0.4, -0.2) is 51.9 Å². The van der Waals surface area contributed by atoms with Gasteiger partial charge in [0.2, 0.25) is 0 Å². The number of H-pyrrole nitrogens is 1. The van der Waals surface area contributed by atoms with Crippen LogP contribution in [0.25, 0.3) is 10.9 Å². The number of nitrogens with one attached hydrogen (secondary N) is 2. The second-order valence-electron chi connectivity index (χ2n) is 10.1. The molecule has 0 radical (unpaired) electrons. The van der Waals surface area contributed by atoms with Crippen LogP contribution in [0.1, 0.15) is 28.4 Å². The SMILES string of the molecule is COc1ccc2[nH]c3c(c2c1)CC[NH2+][C@H]3c1ccc(OC)c(C[NH+]2CCN(c3ccccc3F)CC2)c1. The van der Waals surface area contributed by atoms with Crippen molar-refractivity contribution in [2.24, 2.45) is 0 Å². The number of aromatic amines is 1. The topological polar surface area (TPSA) is 58.5 Å². The van der Waals surface area contributed by atoms with E-state index in [-0.39, 0.29) is 11.9 Å². The molecule has 1 fully saturated rings. The third kappa shape index (κ3) is 4.54. The van der Waals surface area contributed by atoms with Crippen LogP contribution < -0.4 is 24.6 Å². The minimum absolute atomic E-state index is 0.140. The Balaban J connectivity index is 1.23. The summed E-state index contributed by atoms with van der Waals surface area (Å²) in [6.07, 6.45) is 1.04. The number of para-hydroxylation sites is 1. The minimum Gasteiger partial charge on any atom is -0.497 e. The van der Waals surface area contributed by atoms with Crippen molar-refractivity contribution in [1.82, 2.24) is 4.98 Å². The number of anilines is 1. The largest absolute Gasteiger partial charge is 0.497 e. The van der Waals surface area contributed by atoms with E-state index in [4.69, 9.17) is 9.47 Å². The predicted octanol–water partition coefficient (Wildman–Crippen LogP) is 2.44. The first kappa shape index (κ1) is 23.8. The number of methoxy groups -OCH3 is 2. The highest BCUT2D eigenvalue weighted by atomic mass is 19.1. The number of hydrogen-bond donors (Lipinski definition) is 3. The predicted molar refractivity (Wildman–Crippen MR) is 143 cm³/mol. The van der Waals surface area contributed by atoms with Gasteiger partial charge < -0.3 is 29.6 Å². The van der Waals surface area contributed by atoms with Gasteiger partial charge in [-0.25, -0.2) is 4.39 Å². The molecule has 6 nitrogen and oxygen atoms in total. The van der Waals surface area contributed by atoms with Crippen LogP contribution in [-0.2, 0) is 13.0 Å². The van der Waals surface area contributed by atoms with Gasteiger partial charge >= 0.3 is 0 Å². The Kier molecular flexibility index (Phi) is 6.49. The lowest BCUT2D eigenvalue weighted by Crippen LogP contribution is -3.13. The van der Waals surface area contributed by atoms with Crippen LogP contribution >= 0.6 is 0 Å². The molecule has 0 unspecified atom stereocenters. The summed E-state index contributed by atoms with van der Waals surface area (Å²) < 4.78 is 25.5. The van der Waals surface area contributed by atoms with Crippen molar-refractivity contribution in [3.63, 3.8) is 0 Å². The number of ether oxygens (including phenoxy) is 2. The molecule has 6 rings (SSSR count). The van der Waals surface area contributed by atoms with Gasteiger partial charge in [-0.05, 0) is 54.1 Å². The Bertz CT molecular complexity index is 1410. The first-order valence-electron chi connectivity index (χ1n) is 13.2. The Morgan fingerprint density at radius 1 is 1.03 bits per heavy atom. The third-order valence-electron chi connectivity index (χ3n) is 8.02. The van der Waals surface area contributed by atoms with Crippen molar-refractivity contribution in [3.8, 4) is 11.5 Å². The summed E-state index contributed by atoms with van der Waals surface area (Å²) in [7, 11) is 3.47. The number of halogens is 1. The van der Waals surface area contributed by atoms with Crippen LogP contribution in [0.4, 0.5) is 10.1 Å². The van der Waals surface area contributed by atoms with E-state index in [1.807, 2.05) is 18.2 Å². The number of benzene rings is 3. The molecular weight excluding hydrogens is 467 g/mol. The number of nitrogens with zero attached hydrogens (tertiary/aromatic N) is 1. The maximum atomic E-state index is 14.3. The van der Waals surface area contributed by atoms with E-state index in [0.717, 1.165) is 62.7 Å². The Hall–Kier alpha value is -3.55. The first-order chi connectivity index (χ1) is 18.1. The van der Waals surface area contributed by atoms with Crippen LogP contribution in [0.3, 0.4) is 0 Å². The number of hydrogen-bond acceptors (Lipinski definition) is 3. The maximum Gasteiger partial charge on any atom is 0.153 e. The summed E-state index contributed by atoms with van der Waals surface area (Å²) in [5.41, 5.74) is 7.08. The highest BCUT2D eigenvalue weighted by Gasteiger charge is 2.30. The van der Waals surface area contributed by atoms with Crippen molar-refractivity contribution in [2.45, 2.75) is 19.0 Å². The molecule has 4 aromatic rings. The molecule has 4 N–H and O–H groups in total. The van der Waals surface area contributed by atoms with Crippen LogP contribution in [0, 0.1) is 5.82 Å². The lowest BCUT2D eigenvalue weighted by Gasteiger charge is -2.34. The highest BCUT2D eigenvalue weighted by Crippen LogP contribution is 2.34. The average Bonchev–Trinajstić information content (AvgIpc) is 3.32. The van der Waals surface area contributed by atoms with Crippen molar-refractivity contribution in [1.29, 1.82) is 0 Å². The van der Waals surface area contributed by atoms with Gasteiger partial charge in [-0.2, -0.15) is 0 Å². The van der Waals surface area contributed by atoms with Gasteiger partial charge in [-0.1, -0.05) is 12.1 Å². The van der Waals surface area contributed by atoms with Crippen LogP contribution in [0.15, 0.2) is 60.7 Å². The number of quaternary nitrogens is 2. The maximum absolute atomic E-state index is 14.3. The van der Waals surface area contributed by atoms with E-state index in [9.17, 15) is 4.39 Å². The molecule has 0 saturated carbocycles. The quantitative estimate of drug-likeness (QED) is 0.380. The number of rotatable bonds is 6. The molecule has 0 bridgehead atoms. The van der Waals surface area contributed by atoms with Crippen molar-refractivity contribution < 1.29 is 24.1 Å². The summed E-state index contributed by atoms with van der Waals surface area (Å²) in [5, 5.41) is 3.69. The molecule has 7 heteroatoms. The standard InChI is InChI=1S/C30H33FN4O2/c1-36-22-8-9-26-24(18-22)23-11-12-32-29(30(23)33-26)20-7-10-28(37-2)21(17-20)19-34-13-15-35(16-14-34)27-6-4-3-5-25(27)31/h3-10,17-18,29,32-33H,11-16,19H2,1-2H3/p+2/t29-/m0/s1. The molecule has 37 heavy (non-hydrogen) atoms. The molecule has 3 aromatic carbocycles. The van der Waals surface area contributed by atoms with E-state index >= 15 is 0 Å². The Morgan fingerprint density at radius 3 is 2.65 bits per heavy atom. The third-order valence-corrected chi connectivity index (χ3v) is 8.02. The summed E-state index contributed by atoms with van der Waals surface area (Å²) in [6.45, 7) is 5.56. The average molecular weight is 503 g/mol. The molecule has 192 valence electrons. The van der Waals surface area contributed by atoms with Gasteiger partial charge in [0.05, 0.1) is 58.3 Å². The zero-order valence-electron chi connectivity index (χ0n) is 21.5. The Labute approximate surface area is 217 Å². The van der Waals surface area contributed by atoms with Gasteiger partial charge in [0.15, 0.2) is 6.04 Å². The van der Waals surface area contributed by atoms with E-state index in [0.29, 0.717) is 5.69 Å². The van der Waals surface area contributed by atoms with Crippen molar-refractivity contribution in [3.05, 3.63) is 88.9 Å². The number of nitrogens with two attached hydrogens (primary N) is 1. The zero-order valence-corrected chi connectivity index (χ0v) is 21.5. The monoisotopic (exact) mass is 502 g/mol. The van der Waals surface area contributed by atoms with Crippen molar-refractivity contribution >= 4 is 16.6 Å². The van der Waals surface area contributed by atoms with Gasteiger partial charge in [-0.3, -0.25) is 0 Å². The molecular formula is C30H35FN4O2+2. The molecule has 1 atom stereocenters. The number of aromatic nitrogens is 1. The molecule has 1 saturated heterocycles. The normalized spacial score (nSPS) is 18.1. The molecule has 3 heterocycles. The van der Waals surface area contributed by atoms with E-state index < -0.39 is 0 Å². The lowest BCUT2D eigenvalue weighted by atomic mass is 9.93. The Morgan fingerprint density at radius 2 is 1.86 bits per heavy atom. The van der Waals surface area contributed by atoms with E-state index in [2.05, 4.69) is 45.5 Å². The lowest BCUT2D eigenvalue weighted by molar-refractivity contribution is -0.914. The highest BCUT2D eigenvalue weighted by molar-refractivity contribution is 5.86. The zero-order chi connectivity index (χ0) is 25.4. The smallest absolute Gasteiger partial charge is 0.153 e. The fourth-order valence-electron chi connectivity index (χ4n) is 6.07. The summed E-state index contributed by atoms with van der Waals surface area (Å²) in [4.78, 5) is 7.37. The molecule has 0 aliphatic carbocycles. The van der Waals surface area contributed by atoms with E-state index in [1.54, 1.807) is 26.4 Å². The molecule has 1 aromatic heterocycles. The van der Waals surface area contributed by atoms with Crippen LogP contribution in [0.2, 0.25) is 0 Å². The second kappa shape index (κ2) is 10.1. The second-order valence-corrected chi connectivity index (χ2v) is 10.1. The summed E-state index contributed by atoms with van der Waals surface area (Å²) >= 11 is 0. The van der Waals surface area contributed by atoms with Gasteiger partial charge in [0, 0.05) is 28.5 Å². The minimum atomic E-state index is -0.140. The van der Waals surface area contributed by atoms with Crippen molar-refractivity contribution in [2.75, 3.05) is 51.8 Å². The van der Waals surface area contributed by atoms with Crippen LogP contribution in [0.5, 0.6) is 11.5 Å². The number of piperazine rings is 1. The molecule has 0 amide bonds. The molecule has 2 aliphatic heterocycles. The summed E-state index contributed by atoms with van der Waals surface area (Å²) in [5.74, 6) is 1.69. The van der Waals surface area contributed by atoms with Gasteiger partial charge in [0.25, 0.3) is 0 Å². The number of fused-ring (bicyclic) bond motifs is 3. The van der Waals surface area contributed by atoms with Gasteiger partial charge in [0.1, 0.15) is 23.9 Å². The van der Waals surface area contributed by atoms with Gasteiger partial charge in [-0.15, -0.1) is 0 Å². The summed E-state index contributed by atoms with van der Waals surface area (Å²) in [6, 6.07) is 20.2. The van der Waals surface area contributed by atoms with E-state index in [1.165, 1.54) is 32.7 Å². The molecule has 0 spiro atoms.